The quantitative estimate of drug-likeness (QED) is 0.296. The number of benzene rings is 1. The number of nitrogens with zero attached hydrogens (tertiary/aromatic N) is 2. The first-order valence-corrected chi connectivity index (χ1v) is 7.59. The van der Waals surface area contributed by atoms with Crippen molar-refractivity contribution in [2.24, 2.45) is 4.99 Å². The lowest BCUT2D eigenvalue weighted by atomic mass is 10.1. The summed E-state index contributed by atoms with van der Waals surface area (Å²) in [6.07, 6.45) is 1.81. The Kier molecular flexibility index (Phi) is 11.9. The Morgan fingerprint density at radius 1 is 1.14 bits per heavy atom. The molecule has 0 aliphatic carbocycles. The van der Waals surface area contributed by atoms with Gasteiger partial charge < -0.3 is 10.6 Å². The zero-order chi connectivity index (χ0) is 15.5. The first-order valence-electron chi connectivity index (χ1n) is 7.59. The molecule has 4 nitrogen and oxygen atoms in total. The van der Waals surface area contributed by atoms with E-state index >= 15 is 0 Å². The van der Waals surface area contributed by atoms with Crippen molar-refractivity contribution in [2.45, 2.75) is 26.9 Å². The summed E-state index contributed by atoms with van der Waals surface area (Å²) in [5, 5.41) is 6.44. The monoisotopic (exact) mass is 416 g/mol. The minimum absolute atomic E-state index is 0. The minimum atomic E-state index is 0. The SMILES string of the molecule is C=CCNC(=NC)NCc1ccc(CN(CC)CC)cc1.I. The number of hydrogen-bond acceptors (Lipinski definition) is 2. The molecule has 0 radical (unpaired) electrons. The van der Waals surface area contributed by atoms with Gasteiger partial charge in [0.05, 0.1) is 0 Å². The van der Waals surface area contributed by atoms with E-state index in [4.69, 9.17) is 0 Å². The molecule has 0 spiro atoms. The zero-order valence-corrected chi connectivity index (χ0v) is 16.3. The van der Waals surface area contributed by atoms with Crippen LogP contribution >= 0.6 is 24.0 Å². The fraction of sp³-hybridized carbons (Fsp3) is 0.471. The van der Waals surface area contributed by atoms with Crippen molar-refractivity contribution in [3.63, 3.8) is 0 Å². The second-order valence-corrected chi connectivity index (χ2v) is 4.87. The van der Waals surface area contributed by atoms with Crippen LogP contribution in [0.4, 0.5) is 0 Å². The number of hydrogen-bond donors (Lipinski definition) is 2. The van der Waals surface area contributed by atoms with E-state index in [2.05, 4.69) is 65.2 Å². The Bertz CT molecular complexity index is 438. The molecule has 0 saturated carbocycles. The van der Waals surface area contributed by atoms with Gasteiger partial charge >= 0.3 is 0 Å². The van der Waals surface area contributed by atoms with Crippen LogP contribution < -0.4 is 10.6 Å². The fourth-order valence-electron chi connectivity index (χ4n) is 2.04. The standard InChI is InChI=1S/C17H28N4.HI/c1-5-12-19-17(18-4)20-13-15-8-10-16(11-9-15)14-21(6-2)7-3;/h5,8-11H,1,6-7,12-14H2,2-4H3,(H2,18,19,20);1H. The molecule has 0 fully saturated rings. The molecule has 1 aromatic carbocycles. The predicted octanol–water partition coefficient (Wildman–Crippen LogP) is 3.00. The van der Waals surface area contributed by atoms with Crippen molar-refractivity contribution >= 4 is 29.9 Å². The molecule has 1 aromatic rings. The first kappa shape index (κ1) is 20.9. The van der Waals surface area contributed by atoms with E-state index in [0.29, 0.717) is 6.54 Å². The largest absolute Gasteiger partial charge is 0.353 e. The molecule has 0 aliphatic rings. The van der Waals surface area contributed by atoms with Gasteiger partial charge in [0.25, 0.3) is 0 Å². The second kappa shape index (κ2) is 12.5. The molecule has 0 heterocycles. The maximum absolute atomic E-state index is 4.16. The van der Waals surface area contributed by atoms with E-state index in [9.17, 15) is 0 Å². The molecule has 0 amide bonds. The molecule has 0 saturated heterocycles. The molecule has 1 rings (SSSR count). The minimum Gasteiger partial charge on any atom is -0.353 e. The Labute approximate surface area is 152 Å². The van der Waals surface area contributed by atoms with Crippen LogP contribution in [0.5, 0.6) is 0 Å². The molecular weight excluding hydrogens is 387 g/mol. The van der Waals surface area contributed by atoms with Crippen LogP contribution in [0.1, 0.15) is 25.0 Å². The summed E-state index contributed by atoms with van der Waals surface area (Å²) in [4.78, 5) is 6.57. The van der Waals surface area contributed by atoms with Crippen molar-refractivity contribution in [1.29, 1.82) is 0 Å². The van der Waals surface area contributed by atoms with Gasteiger partial charge in [-0.1, -0.05) is 44.2 Å². The number of nitrogens with one attached hydrogen (secondary N) is 2. The number of halogens is 1. The predicted molar refractivity (Wildman–Crippen MR) is 107 cm³/mol. The third kappa shape index (κ3) is 7.79. The summed E-state index contributed by atoms with van der Waals surface area (Å²) in [6.45, 7) is 12.8. The summed E-state index contributed by atoms with van der Waals surface area (Å²) < 4.78 is 0. The van der Waals surface area contributed by atoms with Gasteiger partial charge in [0.2, 0.25) is 0 Å². The molecule has 22 heavy (non-hydrogen) atoms. The highest BCUT2D eigenvalue weighted by molar-refractivity contribution is 14.0. The Morgan fingerprint density at radius 2 is 1.73 bits per heavy atom. The lowest BCUT2D eigenvalue weighted by Gasteiger charge is -2.18. The van der Waals surface area contributed by atoms with E-state index in [1.54, 1.807) is 7.05 Å². The highest BCUT2D eigenvalue weighted by atomic mass is 127. The third-order valence-electron chi connectivity index (χ3n) is 3.42. The maximum atomic E-state index is 4.16. The van der Waals surface area contributed by atoms with Crippen LogP contribution in [0.25, 0.3) is 0 Å². The summed E-state index contributed by atoms with van der Waals surface area (Å²) in [5.74, 6) is 0.794. The Morgan fingerprint density at radius 3 is 2.23 bits per heavy atom. The van der Waals surface area contributed by atoms with Crippen molar-refractivity contribution < 1.29 is 0 Å². The normalized spacial score (nSPS) is 11.0. The molecule has 2 N–H and O–H groups in total. The smallest absolute Gasteiger partial charge is 0.191 e. The maximum Gasteiger partial charge on any atom is 0.191 e. The van der Waals surface area contributed by atoms with E-state index < -0.39 is 0 Å². The van der Waals surface area contributed by atoms with E-state index in [1.807, 2.05) is 6.08 Å². The van der Waals surface area contributed by atoms with Gasteiger partial charge in [-0.2, -0.15) is 0 Å². The molecule has 0 unspecified atom stereocenters. The highest BCUT2D eigenvalue weighted by Crippen LogP contribution is 2.07. The van der Waals surface area contributed by atoms with Crippen LogP contribution in [0, 0.1) is 0 Å². The second-order valence-electron chi connectivity index (χ2n) is 4.87. The van der Waals surface area contributed by atoms with Crippen LogP contribution in [0.2, 0.25) is 0 Å². The Balaban J connectivity index is 0.00000441. The summed E-state index contributed by atoms with van der Waals surface area (Å²) >= 11 is 0. The van der Waals surface area contributed by atoms with E-state index in [0.717, 1.165) is 32.1 Å². The van der Waals surface area contributed by atoms with Gasteiger partial charge in [0, 0.05) is 26.7 Å². The summed E-state index contributed by atoms with van der Waals surface area (Å²) in [6, 6.07) is 8.75. The van der Waals surface area contributed by atoms with Gasteiger partial charge in [0.15, 0.2) is 5.96 Å². The number of aliphatic imine (C=N–C) groups is 1. The third-order valence-corrected chi connectivity index (χ3v) is 3.42. The first-order chi connectivity index (χ1) is 10.2. The average Bonchev–Trinajstić information content (AvgIpc) is 2.54. The molecule has 124 valence electrons. The molecule has 0 atom stereocenters. The molecule has 0 bridgehead atoms. The van der Waals surface area contributed by atoms with Crippen molar-refractivity contribution in [3.8, 4) is 0 Å². The topological polar surface area (TPSA) is 39.7 Å². The summed E-state index contributed by atoms with van der Waals surface area (Å²) in [7, 11) is 1.77. The Hall–Kier alpha value is -1.08. The van der Waals surface area contributed by atoms with Gasteiger partial charge in [0.1, 0.15) is 0 Å². The van der Waals surface area contributed by atoms with Gasteiger partial charge in [-0.15, -0.1) is 30.6 Å². The van der Waals surface area contributed by atoms with Crippen LogP contribution in [-0.4, -0.2) is 37.5 Å². The average molecular weight is 416 g/mol. The highest BCUT2D eigenvalue weighted by Gasteiger charge is 2.01. The lowest BCUT2D eigenvalue weighted by molar-refractivity contribution is 0.296. The van der Waals surface area contributed by atoms with E-state index in [-0.39, 0.29) is 24.0 Å². The zero-order valence-electron chi connectivity index (χ0n) is 13.9. The van der Waals surface area contributed by atoms with E-state index in [1.165, 1.54) is 11.1 Å². The molecular formula is C17H29IN4. The molecule has 5 heteroatoms. The van der Waals surface area contributed by atoms with Crippen molar-refractivity contribution in [3.05, 3.63) is 48.0 Å². The van der Waals surface area contributed by atoms with Gasteiger partial charge in [-0.05, 0) is 24.2 Å². The van der Waals surface area contributed by atoms with Crippen LogP contribution in [0.3, 0.4) is 0 Å². The van der Waals surface area contributed by atoms with Gasteiger partial charge in [-0.25, -0.2) is 0 Å². The molecule has 0 aromatic heterocycles. The number of rotatable bonds is 8. The van der Waals surface area contributed by atoms with Crippen molar-refractivity contribution in [1.82, 2.24) is 15.5 Å². The van der Waals surface area contributed by atoms with Crippen LogP contribution in [0.15, 0.2) is 41.9 Å². The van der Waals surface area contributed by atoms with Crippen molar-refractivity contribution in [2.75, 3.05) is 26.7 Å². The molecule has 0 aliphatic heterocycles. The van der Waals surface area contributed by atoms with Gasteiger partial charge in [-0.3, -0.25) is 9.89 Å². The summed E-state index contributed by atoms with van der Waals surface area (Å²) in [5.41, 5.74) is 2.61. The number of guanidine groups is 1. The van der Waals surface area contributed by atoms with Crippen LogP contribution in [-0.2, 0) is 13.1 Å². The fourth-order valence-corrected chi connectivity index (χ4v) is 2.04. The lowest BCUT2D eigenvalue weighted by Crippen LogP contribution is -2.36.